The van der Waals surface area contributed by atoms with Gasteiger partial charge in [-0.2, -0.15) is 0 Å². The van der Waals surface area contributed by atoms with Gasteiger partial charge in [0.1, 0.15) is 0 Å². The first-order chi connectivity index (χ1) is 5.70. The molecule has 0 aromatic rings. The first kappa shape index (κ1) is 9.24. The maximum Gasteiger partial charge on any atom is 0.162 e. The molecule has 1 heteroatoms. The summed E-state index contributed by atoms with van der Waals surface area (Å²) in [6, 6.07) is 0. The van der Waals surface area contributed by atoms with Gasteiger partial charge in [0, 0.05) is 12.0 Å². The van der Waals surface area contributed by atoms with Gasteiger partial charge in [-0.3, -0.25) is 4.79 Å². The van der Waals surface area contributed by atoms with E-state index in [4.69, 9.17) is 0 Å². The Morgan fingerprint density at radius 3 is 2.75 bits per heavy atom. The summed E-state index contributed by atoms with van der Waals surface area (Å²) < 4.78 is 0. The Morgan fingerprint density at radius 2 is 2.25 bits per heavy atom. The number of Topliss-reactive ketones (excluding diaryl/α,β-unsaturated/α-hetero) is 1. The fraction of sp³-hybridized carbons (Fsp3) is 0.545. The van der Waals surface area contributed by atoms with Crippen molar-refractivity contribution in [2.24, 2.45) is 5.92 Å². The van der Waals surface area contributed by atoms with Crippen LogP contribution in [0.15, 0.2) is 23.8 Å². The number of ketones is 1. The van der Waals surface area contributed by atoms with Gasteiger partial charge in [0.15, 0.2) is 5.78 Å². The van der Waals surface area contributed by atoms with Crippen LogP contribution in [-0.2, 0) is 4.79 Å². The van der Waals surface area contributed by atoms with Crippen LogP contribution in [0.4, 0.5) is 0 Å². The minimum atomic E-state index is 0.293. The Labute approximate surface area is 74.2 Å². The molecule has 0 aliphatic heterocycles. The second kappa shape index (κ2) is 4.24. The molecule has 1 nitrogen and oxygen atoms in total. The summed E-state index contributed by atoms with van der Waals surface area (Å²) >= 11 is 0. The molecule has 0 saturated carbocycles. The average Bonchev–Trinajstić information content (AvgIpc) is 2.05. The zero-order valence-electron chi connectivity index (χ0n) is 7.84. The minimum Gasteiger partial charge on any atom is -0.294 e. The highest BCUT2D eigenvalue weighted by Crippen LogP contribution is 2.14. The third kappa shape index (κ3) is 2.65. The van der Waals surface area contributed by atoms with Crippen LogP contribution >= 0.6 is 0 Å². The van der Waals surface area contributed by atoms with Crippen molar-refractivity contribution in [3.8, 4) is 0 Å². The Kier molecular flexibility index (Phi) is 3.27. The molecule has 0 amide bonds. The van der Waals surface area contributed by atoms with E-state index in [0.717, 1.165) is 18.4 Å². The Morgan fingerprint density at radius 1 is 1.50 bits per heavy atom. The summed E-state index contributed by atoms with van der Waals surface area (Å²) in [4.78, 5) is 11.5. The molecule has 0 saturated heterocycles. The lowest BCUT2D eigenvalue weighted by Crippen LogP contribution is -2.05. The Bertz CT molecular complexity index is 221. The van der Waals surface area contributed by atoms with Gasteiger partial charge < -0.3 is 0 Å². The molecule has 12 heavy (non-hydrogen) atoms. The van der Waals surface area contributed by atoms with Crippen LogP contribution in [0.3, 0.4) is 0 Å². The van der Waals surface area contributed by atoms with E-state index in [1.54, 1.807) is 0 Å². The van der Waals surface area contributed by atoms with Gasteiger partial charge in [-0.05, 0) is 18.8 Å². The van der Waals surface area contributed by atoms with E-state index in [-0.39, 0.29) is 0 Å². The Balaban J connectivity index is 2.52. The molecular formula is C11H16O. The number of allylic oxidation sites excluding steroid dienone is 4. The van der Waals surface area contributed by atoms with Crippen LogP contribution < -0.4 is 0 Å². The summed E-state index contributed by atoms with van der Waals surface area (Å²) in [6.07, 6.45) is 8.86. The number of hydrogen-bond acceptors (Lipinski definition) is 1. The first-order valence-corrected chi connectivity index (χ1v) is 4.60. The summed E-state index contributed by atoms with van der Waals surface area (Å²) in [5.74, 6) is 0.759. The van der Waals surface area contributed by atoms with Gasteiger partial charge >= 0.3 is 0 Å². The van der Waals surface area contributed by atoms with Crippen LogP contribution in [0.5, 0.6) is 0 Å². The van der Waals surface area contributed by atoms with Crippen LogP contribution in [0, 0.1) is 5.92 Å². The van der Waals surface area contributed by atoms with Crippen molar-refractivity contribution in [1.82, 2.24) is 0 Å². The van der Waals surface area contributed by atoms with Gasteiger partial charge in [0.05, 0.1) is 0 Å². The number of carbonyl (C=O) groups excluding carboxylic acids is 1. The third-order valence-corrected chi connectivity index (χ3v) is 1.91. The van der Waals surface area contributed by atoms with Crippen molar-refractivity contribution in [2.45, 2.75) is 33.1 Å². The number of carbonyl (C=O) groups is 1. The highest BCUT2D eigenvalue weighted by Gasteiger charge is 2.09. The zero-order chi connectivity index (χ0) is 8.97. The van der Waals surface area contributed by atoms with E-state index in [0.29, 0.717) is 18.1 Å². The highest BCUT2D eigenvalue weighted by molar-refractivity contribution is 5.98. The van der Waals surface area contributed by atoms with Crippen LogP contribution in [-0.4, -0.2) is 5.78 Å². The molecule has 1 aliphatic carbocycles. The molecule has 0 bridgehead atoms. The van der Waals surface area contributed by atoms with E-state index < -0.39 is 0 Å². The monoisotopic (exact) mass is 164 g/mol. The van der Waals surface area contributed by atoms with E-state index in [9.17, 15) is 4.79 Å². The fourth-order valence-electron chi connectivity index (χ4n) is 1.31. The summed E-state index contributed by atoms with van der Waals surface area (Å²) in [7, 11) is 0. The standard InChI is InChI=1S/C11H16O/c1-9(2)8-11(12)10-6-4-3-5-7-10/h4,6-7,9H,3,5,8H2,1-2H3. The van der Waals surface area contributed by atoms with Crippen molar-refractivity contribution < 1.29 is 4.79 Å². The molecule has 0 atom stereocenters. The second-order valence-corrected chi connectivity index (χ2v) is 3.66. The van der Waals surface area contributed by atoms with E-state index >= 15 is 0 Å². The maximum absolute atomic E-state index is 11.5. The molecule has 1 aliphatic rings. The minimum absolute atomic E-state index is 0.293. The van der Waals surface area contributed by atoms with Crippen LogP contribution in [0.25, 0.3) is 0 Å². The smallest absolute Gasteiger partial charge is 0.162 e. The van der Waals surface area contributed by atoms with E-state index in [1.807, 2.05) is 12.2 Å². The Hall–Kier alpha value is -0.850. The molecule has 0 aromatic carbocycles. The van der Waals surface area contributed by atoms with E-state index in [1.165, 1.54) is 0 Å². The molecular weight excluding hydrogens is 148 g/mol. The first-order valence-electron chi connectivity index (χ1n) is 4.60. The third-order valence-electron chi connectivity index (χ3n) is 1.91. The lowest BCUT2D eigenvalue weighted by atomic mass is 9.97. The summed E-state index contributed by atoms with van der Waals surface area (Å²) in [6.45, 7) is 4.15. The molecule has 0 unspecified atom stereocenters. The quantitative estimate of drug-likeness (QED) is 0.626. The number of rotatable bonds is 3. The van der Waals surface area contributed by atoms with Gasteiger partial charge in [0.25, 0.3) is 0 Å². The van der Waals surface area contributed by atoms with Gasteiger partial charge in [-0.1, -0.05) is 32.1 Å². The zero-order valence-corrected chi connectivity index (χ0v) is 7.84. The molecule has 0 fully saturated rings. The summed E-state index contributed by atoms with van der Waals surface area (Å²) in [5, 5.41) is 0. The summed E-state index contributed by atoms with van der Waals surface area (Å²) in [5.41, 5.74) is 0.912. The van der Waals surface area contributed by atoms with Gasteiger partial charge in [-0.25, -0.2) is 0 Å². The van der Waals surface area contributed by atoms with Crippen molar-refractivity contribution in [1.29, 1.82) is 0 Å². The molecule has 66 valence electrons. The number of hydrogen-bond donors (Lipinski definition) is 0. The van der Waals surface area contributed by atoms with Gasteiger partial charge in [0.2, 0.25) is 0 Å². The average molecular weight is 164 g/mol. The van der Waals surface area contributed by atoms with Crippen molar-refractivity contribution >= 4 is 5.78 Å². The predicted molar refractivity (Wildman–Crippen MR) is 50.9 cm³/mol. The lowest BCUT2D eigenvalue weighted by molar-refractivity contribution is -0.115. The maximum atomic E-state index is 11.5. The SMILES string of the molecule is CC(C)CC(=O)C1=CCCC=C1. The van der Waals surface area contributed by atoms with Crippen molar-refractivity contribution in [2.75, 3.05) is 0 Å². The normalized spacial score (nSPS) is 16.4. The van der Waals surface area contributed by atoms with Crippen LogP contribution in [0.2, 0.25) is 0 Å². The predicted octanol–water partition coefficient (Wildman–Crippen LogP) is 2.88. The fourth-order valence-corrected chi connectivity index (χ4v) is 1.31. The van der Waals surface area contributed by atoms with Gasteiger partial charge in [-0.15, -0.1) is 0 Å². The van der Waals surface area contributed by atoms with Crippen molar-refractivity contribution in [3.63, 3.8) is 0 Å². The second-order valence-electron chi connectivity index (χ2n) is 3.66. The van der Waals surface area contributed by atoms with Crippen LogP contribution in [0.1, 0.15) is 33.1 Å². The van der Waals surface area contributed by atoms with E-state index in [2.05, 4.69) is 19.9 Å². The molecule has 1 rings (SSSR count). The molecule has 0 spiro atoms. The molecule has 0 radical (unpaired) electrons. The molecule has 0 N–H and O–H groups in total. The topological polar surface area (TPSA) is 17.1 Å². The largest absolute Gasteiger partial charge is 0.294 e. The lowest BCUT2D eigenvalue weighted by Gasteiger charge is -2.07. The highest BCUT2D eigenvalue weighted by atomic mass is 16.1. The molecule has 0 heterocycles. The molecule has 0 aromatic heterocycles. The van der Waals surface area contributed by atoms with Crippen molar-refractivity contribution in [3.05, 3.63) is 23.8 Å².